The molecule has 0 saturated carbocycles. The van der Waals surface area contributed by atoms with Gasteiger partial charge in [-0.25, -0.2) is 9.78 Å². The van der Waals surface area contributed by atoms with Crippen LogP contribution in [0.1, 0.15) is 31.4 Å². The monoisotopic (exact) mass is 352 g/mol. The van der Waals surface area contributed by atoms with Gasteiger partial charge in [-0.1, -0.05) is 0 Å². The highest BCUT2D eigenvalue weighted by atomic mass is 32.1. The van der Waals surface area contributed by atoms with Gasteiger partial charge in [0.1, 0.15) is 0 Å². The molecule has 1 aromatic rings. The van der Waals surface area contributed by atoms with Crippen LogP contribution in [0.15, 0.2) is 5.38 Å². The fourth-order valence-corrected chi connectivity index (χ4v) is 4.15. The van der Waals surface area contributed by atoms with Crippen molar-refractivity contribution in [2.75, 3.05) is 37.6 Å². The molecular weight excluding hydrogens is 328 g/mol. The third-order valence-electron chi connectivity index (χ3n) is 4.63. The zero-order valence-electron chi connectivity index (χ0n) is 13.7. The third kappa shape index (κ3) is 4.17. The molecule has 3 heterocycles. The number of anilines is 1. The van der Waals surface area contributed by atoms with Gasteiger partial charge in [0.25, 0.3) is 0 Å². The zero-order valence-corrected chi connectivity index (χ0v) is 14.6. The van der Waals surface area contributed by atoms with Crippen LogP contribution in [0.4, 0.5) is 9.93 Å². The molecule has 2 amide bonds. The molecule has 0 aromatic carbocycles. The maximum atomic E-state index is 12.2. The number of piperidine rings is 1. The molecule has 132 valence electrons. The van der Waals surface area contributed by atoms with Gasteiger partial charge >= 0.3 is 12.0 Å². The van der Waals surface area contributed by atoms with Crippen molar-refractivity contribution in [2.24, 2.45) is 5.92 Å². The summed E-state index contributed by atoms with van der Waals surface area (Å²) in [4.78, 5) is 31.8. The summed E-state index contributed by atoms with van der Waals surface area (Å²) in [6, 6.07) is -0.170. The van der Waals surface area contributed by atoms with Crippen molar-refractivity contribution in [3.05, 3.63) is 11.1 Å². The van der Waals surface area contributed by atoms with Crippen molar-refractivity contribution in [2.45, 2.75) is 32.1 Å². The van der Waals surface area contributed by atoms with Gasteiger partial charge in [-0.15, -0.1) is 11.3 Å². The van der Waals surface area contributed by atoms with Gasteiger partial charge in [-0.3, -0.25) is 4.79 Å². The van der Waals surface area contributed by atoms with Crippen LogP contribution in [0.2, 0.25) is 0 Å². The Morgan fingerprint density at radius 2 is 2.08 bits per heavy atom. The molecule has 0 bridgehead atoms. The summed E-state index contributed by atoms with van der Waals surface area (Å²) in [5.41, 5.74) is 1.00. The lowest BCUT2D eigenvalue weighted by atomic mass is 9.99. The molecule has 2 saturated heterocycles. The lowest BCUT2D eigenvalue weighted by molar-refractivity contribution is -0.143. The molecule has 7 nitrogen and oxygen atoms in total. The molecule has 1 unspecified atom stereocenters. The van der Waals surface area contributed by atoms with E-state index in [2.05, 4.69) is 20.6 Å². The van der Waals surface area contributed by atoms with E-state index in [0.29, 0.717) is 32.5 Å². The second kappa shape index (κ2) is 7.83. The highest BCUT2D eigenvalue weighted by Crippen LogP contribution is 2.24. The summed E-state index contributed by atoms with van der Waals surface area (Å²) in [5.74, 6) is -1.25. The summed E-state index contributed by atoms with van der Waals surface area (Å²) in [7, 11) is 0. The number of hydrogen-bond acceptors (Lipinski definition) is 5. The van der Waals surface area contributed by atoms with Crippen molar-refractivity contribution in [1.29, 1.82) is 0 Å². The van der Waals surface area contributed by atoms with E-state index in [1.54, 1.807) is 16.2 Å². The maximum Gasteiger partial charge on any atom is 0.317 e. The molecule has 2 N–H and O–H groups in total. The number of thiazole rings is 1. The van der Waals surface area contributed by atoms with E-state index in [-0.39, 0.29) is 6.03 Å². The third-order valence-corrected chi connectivity index (χ3v) is 5.58. The minimum Gasteiger partial charge on any atom is -0.481 e. The average Bonchev–Trinajstić information content (AvgIpc) is 3.26. The molecule has 0 aliphatic carbocycles. The lowest BCUT2D eigenvalue weighted by Crippen LogP contribution is -2.47. The normalized spacial score (nSPS) is 21.1. The standard InChI is InChI=1S/C16H24N4O3S/c21-14(22)12-4-3-9-20(10-12)15(23)17-6-5-13-11-24-16(18-13)19-7-1-2-8-19/h11-12H,1-10H2,(H,17,23)(H,21,22). The second-order valence-corrected chi connectivity index (χ2v) is 7.26. The predicted molar refractivity (Wildman–Crippen MR) is 92.6 cm³/mol. The average molecular weight is 352 g/mol. The van der Waals surface area contributed by atoms with Crippen LogP contribution >= 0.6 is 11.3 Å². The first-order chi connectivity index (χ1) is 11.6. The molecule has 2 fully saturated rings. The molecule has 1 aromatic heterocycles. The Balaban J connectivity index is 1.42. The lowest BCUT2D eigenvalue weighted by Gasteiger charge is -2.30. The highest BCUT2D eigenvalue weighted by Gasteiger charge is 2.27. The molecule has 0 radical (unpaired) electrons. The molecule has 3 rings (SSSR count). The van der Waals surface area contributed by atoms with Crippen molar-refractivity contribution < 1.29 is 14.7 Å². The number of likely N-dealkylation sites (tertiary alicyclic amines) is 1. The summed E-state index contributed by atoms with van der Waals surface area (Å²) in [6.45, 7) is 3.63. The smallest absolute Gasteiger partial charge is 0.317 e. The number of aromatic nitrogens is 1. The van der Waals surface area contributed by atoms with E-state index in [1.165, 1.54) is 12.8 Å². The highest BCUT2D eigenvalue weighted by molar-refractivity contribution is 7.13. The van der Waals surface area contributed by atoms with Gasteiger partial charge in [-0.05, 0) is 25.7 Å². The van der Waals surface area contributed by atoms with Crippen LogP contribution in [0.3, 0.4) is 0 Å². The Morgan fingerprint density at radius 1 is 1.29 bits per heavy atom. The number of nitrogens with zero attached hydrogens (tertiary/aromatic N) is 3. The quantitative estimate of drug-likeness (QED) is 0.844. The number of aliphatic carboxylic acids is 1. The van der Waals surface area contributed by atoms with Crippen molar-refractivity contribution in [3.63, 3.8) is 0 Å². The molecule has 2 aliphatic heterocycles. The van der Waals surface area contributed by atoms with Crippen molar-refractivity contribution in [3.8, 4) is 0 Å². The van der Waals surface area contributed by atoms with Crippen LogP contribution in [0.5, 0.6) is 0 Å². The Kier molecular flexibility index (Phi) is 5.55. The Hall–Kier alpha value is -1.83. The van der Waals surface area contributed by atoms with E-state index >= 15 is 0 Å². The summed E-state index contributed by atoms with van der Waals surface area (Å²) in [5, 5.41) is 15.1. The number of rotatable bonds is 5. The summed E-state index contributed by atoms with van der Waals surface area (Å²) in [6.07, 6.45) is 4.56. The van der Waals surface area contributed by atoms with Gasteiger partial charge < -0.3 is 20.2 Å². The second-order valence-electron chi connectivity index (χ2n) is 6.42. The van der Waals surface area contributed by atoms with Crippen molar-refractivity contribution >= 4 is 28.5 Å². The van der Waals surface area contributed by atoms with Gasteiger partial charge in [0.2, 0.25) is 0 Å². The first-order valence-electron chi connectivity index (χ1n) is 8.58. The molecule has 24 heavy (non-hydrogen) atoms. The largest absolute Gasteiger partial charge is 0.481 e. The van der Waals surface area contributed by atoms with Crippen LogP contribution in [-0.2, 0) is 11.2 Å². The number of amides is 2. The first kappa shape index (κ1) is 17.0. The fourth-order valence-electron chi connectivity index (χ4n) is 3.24. The number of carboxylic acid groups (broad SMARTS) is 1. The fraction of sp³-hybridized carbons (Fsp3) is 0.688. The predicted octanol–water partition coefficient (Wildman–Crippen LogP) is 1.79. The number of hydrogen-bond donors (Lipinski definition) is 2. The summed E-state index contributed by atoms with van der Waals surface area (Å²) >= 11 is 1.66. The van der Waals surface area contributed by atoms with E-state index < -0.39 is 11.9 Å². The minimum absolute atomic E-state index is 0.170. The topological polar surface area (TPSA) is 85.8 Å². The summed E-state index contributed by atoms with van der Waals surface area (Å²) < 4.78 is 0. The first-order valence-corrected chi connectivity index (χ1v) is 9.46. The van der Waals surface area contributed by atoms with Gasteiger partial charge in [-0.2, -0.15) is 0 Å². The van der Waals surface area contributed by atoms with Crippen LogP contribution in [0, 0.1) is 5.92 Å². The van der Waals surface area contributed by atoms with Crippen molar-refractivity contribution in [1.82, 2.24) is 15.2 Å². The number of carbonyl (C=O) groups excluding carboxylic acids is 1. The molecule has 2 aliphatic rings. The van der Waals surface area contributed by atoms with Crippen LogP contribution in [0.25, 0.3) is 0 Å². The van der Waals surface area contributed by atoms with E-state index in [1.807, 2.05) is 0 Å². The Morgan fingerprint density at radius 3 is 2.83 bits per heavy atom. The van der Waals surface area contributed by atoms with Gasteiger partial charge in [0.15, 0.2) is 5.13 Å². The molecule has 1 atom stereocenters. The number of nitrogens with one attached hydrogen (secondary N) is 1. The number of carbonyl (C=O) groups is 2. The Labute approximate surface area is 145 Å². The molecule has 8 heteroatoms. The van der Waals surface area contributed by atoms with Gasteiger partial charge in [0, 0.05) is 44.5 Å². The van der Waals surface area contributed by atoms with E-state index in [4.69, 9.17) is 5.11 Å². The van der Waals surface area contributed by atoms with E-state index in [9.17, 15) is 9.59 Å². The van der Waals surface area contributed by atoms with Crippen LogP contribution in [-0.4, -0.2) is 59.7 Å². The molecular formula is C16H24N4O3S. The number of carboxylic acids is 1. The van der Waals surface area contributed by atoms with Gasteiger partial charge in [0.05, 0.1) is 11.6 Å². The van der Waals surface area contributed by atoms with E-state index in [0.717, 1.165) is 30.3 Å². The number of urea groups is 1. The SMILES string of the molecule is O=C(O)C1CCCN(C(=O)NCCc2csc(N3CCCC3)n2)C1. The minimum atomic E-state index is -0.815. The van der Waals surface area contributed by atoms with Crippen LogP contribution < -0.4 is 10.2 Å². The zero-order chi connectivity index (χ0) is 16.9. The maximum absolute atomic E-state index is 12.2. The Bertz CT molecular complexity index is 586. The molecule has 0 spiro atoms.